The van der Waals surface area contributed by atoms with Gasteiger partial charge in [-0.15, -0.1) is 0 Å². The van der Waals surface area contributed by atoms with Crippen molar-refractivity contribution in [3.8, 4) is 17.6 Å². The Labute approximate surface area is 191 Å². The minimum atomic E-state index is -1.06. The number of benzene rings is 2. The summed E-state index contributed by atoms with van der Waals surface area (Å²) in [5.74, 6) is -1.14. The van der Waals surface area contributed by atoms with Gasteiger partial charge in [0.05, 0.1) is 15.7 Å². The molecule has 0 aromatic heterocycles. The number of nitriles is 1. The predicted molar refractivity (Wildman–Crippen MR) is 119 cm³/mol. The fraction of sp³-hybridized carbons (Fsp3) is 0.143. The number of aromatic carboxylic acids is 1. The molecule has 0 spiro atoms. The SMILES string of the molecule is CCOc1cc(/C=C(/C#N)C(=O)NC(N)=O)cc(I)c1OCc1cccc(C(=O)O)c1. The van der Waals surface area contributed by atoms with Crippen LogP contribution in [0.3, 0.4) is 0 Å². The monoisotopic (exact) mass is 535 g/mol. The molecule has 31 heavy (non-hydrogen) atoms. The second-order valence-electron chi connectivity index (χ2n) is 6.05. The van der Waals surface area contributed by atoms with Crippen LogP contribution in [0.25, 0.3) is 6.08 Å². The molecule has 2 aromatic rings. The molecule has 0 unspecified atom stereocenters. The molecule has 3 amide bonds. The Bertz CT molecular complexity index is 1090. The van der Waals surface area contributed by atoms with E-state index in [1.54, 1.807) is 37.3 Å². The average molecular weight is 535 g/mol. The quantitative estimate of drug-likeness (QED) is 0.267. The van der Waals surface area contributed by atoms with E-state index in [2.05, 4.69) is 0 Å². The summed E-state index contributed by atoms with van der Waals surface area (Å²) < 4.78 is 12.2. The van der Waals surface area contributed by atoms with Gasteiger partial charge in [-0.1, -0.05) is 12.1 Å². The third kappa shape index (κ3) is 6.71. The molecule has 0 saturated heterocycles. The van der Waals surface area contributed by atoms with Crippen LogP contribution in [0.1, 0.15) is 28.4 Å². The van der Waals surface area contributed by atoms with Gasteiger partial charge in [0, 0.05) is 0 Å². The van der Waals surface area contributed by atoms with Gasteiger partial charge >= 0.3 is 12.0 Å². The standard InChI is InChI=1S/C21H18IN3O6/c1-2-30-17-9-13(7-15(10-23)19(26)25-21(24)29)8-16(22)18(17)31-11-12-4-3-5-14(6-12)20(27)28/h3-9H,2,11H2,1H3,(H,27,28)(H3,24,25,26,29)/b15-7-. The number of ether oxygens (including phenoxy) is 2. The van der Waals surface area contributed by atoms with Gasteiger partial charge < -0.3 is 20.3 Å². The van der Waals surface area contributed by atoms with Gasteiger partial charge in [-0.25, -0.2) is 9.59 Å². The van der Waals surface area contributed by atoms with E-state index in [0.717, 1.165) is 0 Å². The van der Waals surface area contributed by atoms with Crippen LogP contribution in [0.15, 0.2) is 42.0 Å². The van der Waals surface area contributed by atoms with E-state index in [9.17, 15) is 19.6 Å². The summed E-state index contributed by atoms with van der Waals surface area (Å²) in [5.41, 5.74) is 5.90. The third-order valence-electron chi connectivity index (χ3n) is 3.80. The predicted octanol–water partition coefficient (Wildman–Crippen LogP) is 3.07. The summed E-state index contributed by atoms with van der Waals surface area (Å²) in [6.45, 7) is 2.23. The molecule has 2 aromatic carbocycles. The molecule has 0 aliphatic carbocycles. The van der Waals surface area contributed by atoms with Crippen LogP contribution in [-0.2, 0) is 11.4 Å². The Morgan fingerprint density at radius 1 is 1.26 bits per heavy atom. The van der Waals surface area contributed by atoms with Crippen molar-refractivity contribution in [2.75, 3.05) is 6.61 Å². The number of primary amides is 1. The van der Waals surface area contributed by atoms with E-state index in [4.69, 9.17) is 20.3 Å². The first-order valence-electron chi connectivity index (χ1n) is 8.89. The number of rotatable bonds is 8. The number of carbonyl (C=O) groups excluding carboxylic acids is 2. The van der Waals surface area contributed by atoms with Gasteiger partial charge in [0.25, 0.3) is 5.91 Å². The van der Waals surface area contributed by atoms with Gasteiger partial charge in [-0.3, -0.25) is 10.1 Å². The Hall–Kier alpha value is -3.59. The Kier molecular flexibility index (Phi) is 8.39. The fourth-order valence-electron chi connectivity index (χ4n) is 2.52. The zero-order valence-electron chi connectivity index (χ0n) is 16.3. The van der Waals surface area contributed by atoms with Crippen molar-refractivity contribution in [1.29, 1.82) is 5.26 Å². The molecule has 0 atom stereocenters. The molecular formula is C21H18IN3O6. The summed E-state index contributed by atoms with van der Waals surface area (Å²) in [6, 6.07) is 10.3. The summed E-state index contributed by atoms with van der Waals surface area (Å²) in [5, 5.41) is 20.2. The molecule has 10 heteroatoms. The fourth-order valence-corrected chi connectivity index (χ4v) is 3.30. The minimum Gasteiger partial charge on any atom is -0.490 e. The van der Waals surface area contributed by atoms with Crippen molar-refractivity contribution < 1.29 is 29.0 Å². The third-order valence-corrected chi connectivity index (χ3v) is 4.60. The van der Waals surface area contributed by atoms with Crippen molar-refractivity contribution in [2.45, 2.75) is 13.5 Å². The van der Waals surface area contributed by atoms with E-state index in [0.29, 0.717) is 32.8 Å². The van der Waals surface area contributed by atoms with Gasteiger partial charge in [-0.05, 0) is 71.0 Å². The summed E-state index contributed by atoms with van der Waals surface area (Å²) in [7, 11) is 0. The van der Waals surface area contributed by atoms with E-state index >= 15 is 0 Å². The molecule has 4 N–H and O–H groups in total. The molecule has 0 saturated carbocycles. The smallest absolute Gasteiger partial charge is 0.335 e. The highest BCUT2D eigenvalue weighted by Gasteiger charge is 2.15. The average Bonchev–Trinajstić information content (AvgIpc) is 2.71. The first kappa shape index (κ1) is 23.7. The molecule has 9 nitrogen and oxygen atoms in total. The van der Waals surface area contributed by atoms with Crippen LogP contribution >= 0.6 is 22.6 Å². The van der Waals surface area contributed by atoms with Crippen molar-refractivity contribution in [1.82, 2.24) is 5.32 Å². The van der Waals surface area contributed by atoms with Crippen molar-refractivity contribution in [2.24, 2.45) is 5.73 Å². The number of carboxylic acids is 1. The normalized spacial score (nSPS) is 10.7. The van der Waals surface area contributed by atoms with Crippen molar-refractivity contribution in [3.05, 3.63) is 62.2 Å². The second kappa shape index (κ2) is 11.0. The molecule has 0 bridgehead atoms. The van der Waals surface area contributed by atoms with E-state index < -0.39 is 17.9 Å². The molecule has 0 heterocycles. The van der Waals surface area contributed by atoms with Gasteiger partial charge in [-0.2, -0.15) is 5.26 Å². The lowest BCUT2D eigenvalue weighted by atomic mass is 10.1. The summed E-state index contributed by atoms with van der Waals surface area (Å²) >= 11 is 2.02. The number of imide groups is 1. The molecule has 0 aliphatic rings. The Morgan fingerprint density at radius 2 is 2.00 bits per heavy atom. The highest BCUT2D eigenvalue weighted by molar-refractivity contribution is 14.1. The molecular weight excluding hydrogens is 517 g/mol. The maximum absolute atomic E-state index is 11.9. The summed E-state index contributed by atoms with van der Waals surface area (Å²) in [4.78, 5) is 33.9. The zero-order chi connectivity index (χ0) is 23.0. The van der Waals surface area contributed by atoms with Gasteiger partial charge in [0.15, 0.2) is 11.5 Å². The number of amides is 3. The number of urea groups is 1. The maximum Gasteiger partial charge on any atom is 0.335 e. The van der Waals surface area contributed by atoms with Crippen molar-refractivity contribution in [3.63, 3.8) is 0 Å². The van der Waals surface area contributed by atoms with Gasteiger partial charge in [0.1, 0.15) is 18.2 Å². The first-order chi connectivity index (χ1) is 14.7. The largest absolute Gasteiger partial charge is 0.490 e. The maximum atomic E-state index is 11.9. The summed E-state index contributed by atoms with van der Waals surface area (Å²) in [6.07, 6.45) is 1.29. The highest BCUT2D eigenvalue weighted by atomic mass is 127. The number of halogens is 1. The lowest BCUT2D eigenvalue weighted by molar-refractivity contribution is -0.115. The van der Waals surface area contributed by atoms with Gasteiger partial charge in [0.2, 0.25) is 0 Å². The molecule has 0 aliphatic heterocycles. The van der Waals surface area contributed by atoms with Crippen LogP contribution in [0.2, 0.25) is 0 Å². The zero-order valence-corrected chi connectivity index (χ0v) is 18.5. The van der Waals surface area contributed by atoms with Crippen LogP contribution in [-0.4, -0.2) is 29.6 Å². The van der Waals surface area contributed by atoms with Crippen molar-refractivity contribution >= 4 is 46.6 Å². The number of hydrogen-bond donors (Lipinski definition) is 3. The van der Waals surface area contributed by atoms with Crippen LogP contribution in [0.5, 0.6) is 11.5 Å². The van der Waals surface area contributed by atoms with E-state index in [1.807, 2.05) is 27.9 Å². The highest BCUT2D eigenvalue weighted by Crippen LogP contribution is 2.35. The number of carbonyl (C=O) groups is 3. The molecule has 0 radical (unpaired) electrons. The number of nitrogens with one attached hydrogen (secondary N) is 1. The van der Waals surface area contributed by atoms with E-state index in [-0.39, 0.29) is 17.7 Å². The molecule has 2 rings (SSSR count). The number of carboxylic acid groups (broad SMARTS) is 1. The molecule has 0 fully saturated rings. The Balaban J connectivity index is 2.33. The van der Waals surface area contributed by atoms with Crippen LogP contribution in [0, 0.1) is 14.9 Å². The van der Waals surface area contributed by atoms with E-state index in [1.165, 1.54) is 18.2 Å². The molecule has 160 valence electrons. The topological polar surface area (TPSA) is 152 Å². The number of hydrogen-bond acceptors (Lipinski definition) is 6. The lowest BCUT2D eigenvalue weighted by Gasteiger charge is -2.15. The number of nitrogens with two attached hydrogens (primary N) is 1. The second-order valence-corrected chi connectivity index (χ2v) is 7.21. The minimum absolute atomic E-state index is 0.108. The first-order valence-corrected chi connectivity index (χ1v) is 9.97. The van der Waals surface area contributed by atoms with Crippen LogP contribution in [0.4, 0.5) is 4.79 Å². The Morgan fingerprint density at radius 3 is 2.61 bits per heavy atom. The van der Waals surface area contributed by atoms with Crippen LogP contribution < -0.4 is 20.5 Å². The lowest BCUT2D eigenvalue weighted by Crippen LogP contribution is -2.35. The number of nitrogens with zero attached hydrogens (tertiary/aromatic N) is 1.